The van der Waals surface area contributed by atoms with Crippen molar-refractivity contribution in [1.82, 2.24) is 4.23 Å². The molecule has 0 aliphatic carbocycles. The highest BCUT2D eigenvalue weighted by atomic mass is 28.4. The molecular weight excluding hydrogens is 142 g/mol. The van der Waals surface area contributed by atoms with Crippen LogP contribution in [0.1, 0.15) is 0 Å². The second kappa shape index (κ2) is 3.03. The summed E-state index contributed by atoms with van der Waals surface area (Å²) in [4.78, 5) is 0. The van der Waals surface area contributed by atoms with Gasteiger partial charge in [-0.3, -0.25) is 0 Å². The summed E-state index contributed by atoms with van der Waals surface area (Å²) in [5.74, 6) is 0. The molecule has 0 aliphatic heterocycles. The lowest BCUT2D eigenvalue weighted by molar-refractivity contribution is 0.915. The Labute approximate surface area is 61.7 Å². The molecule has 1 nitrogen and oxygen atoms in total. The van der Waals surface area contributed by atoms with Crippen LogP contribution in [0.4, 0.5) is 0 Å². The van der Waals surface area contributed by atoms with Crippen molar-refractivity contribution in [2.75, 3.05) is 0 Å². The van der Waals surface area contributed by atoms with Gasteiger partial charge in [-0.1, -0.05) is 12.3 Å². The van der Waals surface area contributed by atoms with Gasteiger partial charge in [0, 0.05) is 0 Å². The molecule has 0 heterocycles. The van der Waals surface area contributed by atoms with Gasteiger partial charge in [0.1, 0.15) is 0 Å². The first-order valence-electron chi connectivity index (χ1n) is 3.03. The lowest BCUT2D eigenvalue weighted by Gasteiger charge is -2.29. The fourth-order valence-corrected chi connectivity index (χ4v) is 1.69. The maximum absolute atomic E-state index is 3.80. The van der Waals surface area contributed by atoms with E-state index in [0.717, 1.165) is 10.4 Å². The molecule has 0 aliphatic rings. The van der Waals surface area contributed by atoms with Crippen molar-refractivity contribution in [2.24, 2.45) is 0 Å². The van der Waals surface area contributed by atoms with E-state index < -0.39 is 8.24 Å². The van der Waals surface area contributed by atoms with Crippen molar-refractivity contribution in [3.05, 3.63) is 25.1 Å². The van der Waals surface area contributed by atoms with Crippen LogP contribution in [0, 0.1) is 0 Å². The van der Waals surface area contributed by atoms with Crippen molar-refractivity contribution in [3.8, 4) is 0 Å². The Morgan fingerprint density at radius 1 is 1.44 bits per heavy atom. The average Bonchev–Trinajstić information content (AvgIpc) is 1.86. The summed E-state index contributed by atoms with van der Waals surface area (Å²) in [6, 6.07) is 0. The largest absolute Gasteiger partial charge is 0.435 e. The van der Waals surface area contributed by atoms with Gasteiger partial charge in [0.2, 0.25) is 0 Å². The predicted molar refractivity (Wildman–Crippen MR) is 49.7 cm³/mol. The van der Waals surface area contributed by atoms with Crippen LogP contribution in [0.3, 0.4) is 0 Å². The van der Waals surface area contributed by atoms with Crippen LogP contribution in [0.5, 0.6) is 0 Å². The van der Waals surface area contributed by atoms with E-state index in [2.05, 4.69) is 36.2 Å². The molecule has 0 aromatic heterocycles. The molecule has 0 atom stereocenters. The van der Waals surface area contributed by atoms with Crippen molar-refractivity contribution < 1.29 is 0 Å². The van der Waals surface area contributed by atoms with Crippen LogP contribution >= 0.6 is 0 Å². The van der Waals surface area contributed by atoms with Gasteiger partial charge in [0.15, 0.2) is 8.24 Å². The van der Waals surface area contributed by atoms with Crippen molar-refractivity contribution in [1.29, 1.82) is 0 Å². The van der Waals surface area contributed by atoms with E-state index in [4.69, 9.17) is 0 Å². The Balaban J connectivity index is 4.11. The van der Waals surface area contributed by atoms with E-state index >= 15 is 0 Å². The molecule has 3 heteroatoms. The van der Waals surface area contributed by atoms with Gasteiger partial charge in [0.05, 0.1) is 10.4 Å². The zero-order valence-electron chi connectivity index (χ0n) is 6.52. The summed E-state index contributed by atoms with van der Waals surface area (Å²) in [6.45, 7) is 12.0. The minimum atomic E-state index is -1.24. The van der Waals surface area contributed by atoms with Gasteiger partial charge in [0.25, 0.3) is 0 Å². The summed E-state index contributed by atoms with van der Waals surface area (Å²) < 4.78 is 2.29. The van der Waals surface area contributed by atoms with Crippen LogP contribution in [0.15, 0.2) is 25.1 Å². The number of rotatable bonds is 3. The first-order valence-corrected chi connectivity index (χ1v) is 6.95. The second-order valence-corrected chi connectivity index (χ2v) is 8.93. The molecule has 0 aromatic carbocycles. The number of hydrogen-bond donors (Lipinski definition) is 0. The summed E-state index contributed by atoms with van der Waals surface area (Å²) in [7, 11) is -0.176. The fourth-order valence-electron chi connectivity index (χ4n) is 0.379. The maximum atomic E-state index is 3.80. The Bertz CT molecular complexity index is 120. The maximum Gasteiger partial charge on any atom is 0.164 e. The van der Waals surface area contributed by atoms with Crippen molar-refractivity contribution in [2.45, 2.75) is 13.1 Å². The third kappa shape index (κ3) is 2.19. The number of hydrogen-bond acceptors (Lipinski definition) is 1. The van der Waals surface area contributed by atoms with Gasteiger partial charge < -0.3 is 4.23 Å². The highest BCUT2D eigenvalue weighted by molar-refractivity contribution is 6.82. The highest BCUT2D eigenvalue weighted by Gasteiger charge is 2.18. The molecule has 0 radical (unpaired) electrons. The fraction of sp³-hybridized carbons (Fsp3) is 0.333. The lowest BCUT2D eigenvalue weighted by Crippen LogP contribution is -2.41. The standard InChI is InChI=1S/C6H15NSi2/c1-5-7(8)9(3,4)6-2/h5-6H,1-2H2,3-4,8H3. The molecule has 52 valence electrons. The van der Waals surface area contributed by atoms with Crippen LogP contribution in [0.25, 0.3) is 0 Å². The van der Waals surface area contributed by atoms with E-state index in [9.17, 15) is 0 Å². The number of nitrogens with zero attached hydrogens (tertiary/aromatic N) is 1. The monoisotopic (exact) mass is 157 g/mol. The molecule has 0 saturated carbocycles. The predicted octanol–water partition coefficient (Wildman–Crippen LogP) is 0.643. The Hall–Kier alpha value is -0.286. The smallest absolute Gasteiger partial charge is 0.164 e. The van der Waals surface area contributed by atoms with Crippen molar-refractivity contribution >= 4 is 18.6 Å². The third-order valence-corrected chi connectivity index (χ3v) is 8.51. The van der Waals surface area contributed by atoms with Gasteiger partial charge in [-0.25, -0.2) is 0 Å². The van der Waals surface area contributed by atoms with Gasteiger partial charge in [-0.05, 0) is 19.3 Å². The van der Waals surface area contributed by atoms with E-state index in [1.807, 2.05) is 6.20 Å². The van der Waals surface area contributed by atoms with E-state index in [0.29, 0.717) is 0 Å². The second-order valence-electron chi connectivity index (χ2n) is 2.65. The van der Waals surface area contributed by atoms with Gasteiger partial charge in [-0.2, -0.15) is 0 Å². The SMILES string of the molecule is C=CN([SiH3])[Si](C)(C)C=C. The summed E-state index contributed by atoms with van der Waals surface area (Å²) >= 11 is 0. The Kier molecular flexibility index (Phi) is 2.93. The van der Waals surface area contributed by atoms with Crippen LogP contribution in [0.2, 0.25) is 13.1 Å². The van der Waals surface area contributed by atoms with Crippen LogP contribution in [-0.4, -0.2) is 22.9 Å². The topological polar surface area (TPSA) is 3.24 Å². The zero-order valence-corrected chi connectivity index (χ0v) is 9.52. The molecule has 9 heavy (non-hydrogen) atoms. The van der Waals surface area contributed by atoms with Gasteiger partial charge >= 0.3 is 0 Å². The Morgan fingerprint density at radius 2 is 1.89 bits per heavy atom. The molecule has 0 fully saturated rings. The van der Waals surface area contributed by atoms with Crippen LogP contribution < -0.4 is 0 Å². The molecule has 0 rings (SSSR count). The molecular formula is C6H15NSi2. The molecule has 0 unspecified atom stereocenters. The minimum Gasteiger partial charge on any atom is -0.435 e. The highest BCUT2D eigenvalue weighted by Crippen LogP contribution is 2.06. The van der Waals surface area contributed by atoms with Crippen molar-refractivity contribution in [3.63, 3.8) is 0 Å². The first kappa shape index (κ1) is 8.71. The van der Waals surface area contributed by atoms with E-state index in [1.54, 1.807) is 0 Å². The molecule has 0 N–H and O–H groups in total. The lowest BCUT2D eigenvalue weighted by atomic mass is 11.1. The molecule has 0 aromatic rings. The average molecular weight is 157 g/mol. The summed E-state index contributed by atoms with van der Waals surface area (Å²) in [5, 5.41) is 0. The van der Waals surface area contributed by atoms with E-state index in [-0.39, 0.29) is 0 Å². The third-order valence-electron chi connectivity index (χ3n) is 1.68. The minimum absolute atomic E-state index is 1.06. The molecule has 0 amide bonds. The quantitative estimate of drug-likeness (QED) is 0.544. The summed E-state index contributed by atoms with van der Waals surface area (Å²) in [6.07, 6.45) is 1.92. The summed E-state index contributed by atoms with van der Waals surface area (Å²) in [5.41, 5.74) is 2.07. The van der Waals surface area contributed by atoms with E-state index in [1.165, 1.54) is 0 Å². The van der Waals surface area contributed by atoms with Crippen LogP contribution in [-0.2, 0) is 0 Å². The van der Waals surface area contributed by atoms with Gasteiger partial charge in [-0.15, -0.1) is 6.58 Å². The molecule has 0 bridgehead atoms. The normalized spacial score (nSPS) is 10.9. The molecule has 0 saturated heterocycles. The Morgan fingerprint density at radius 3 is 2.00 bits per heavy atom. The zero-order chi connectivity index (χ0) is 7.49. The molecule has 0 spiro atoms. The first-order chi connectivity index (χ1) is 4.04.